The predicted octanol–water partition coefficient (Wildman–Crippen LogP) is 8.93. The number of nitrogens with one attached hydrogen (secondary N) is 4. The largest absolute Gasteiger partial charge is 0.465 e. The van der Waals surface area contributed by atoms with Crippen molar-refractivity contribution in [1.82, 2.24) is 40.4 Å². The number of amides is 4. The summed E-state index contributed by atoms with van der Waals surface area (Å²) in [5, 5.41) is 14.5. The molecule has 4 amide bonds. The van der Waals surface area contributed by atoms with Crippen LogP contribution in [0.2, 0.25) is 0 Å². The van der Waals surface area contributed by atoms with Crippen molar-refractivity contribution in [3.8, 4) is 0 Å². The number of anilines is 2. The van der Waals surface area contributed by atoms with Gasteiger partial charge >= 0.3 is 12.2 Å². The monoisotopic (exact) mass is 954 g/mol. The first kappa shape index (κ1) is 47.5. The lowest BCUT2D eigenvalue weighted by Gasteiger charge is -2.35. The molecule has 6 heterocycles. The molecule has 0 radical (unpaired) electrons. The van der Waals surface area contributed by atoms with Crippen LogP contribution in [0.25, 0.3) is 22.1 Å². The van der Waals surface area contributed by atoms with Gasteiger partial charge in [0.1, 0.15) is 29.4 Å². The van der Waals surface area contributed by atoms with Crippen LogP contribution in [0.15, 0.2) is 42.5 Å². The van der Waals surface area contributed by atoms with Crippen LogP contribution in [-0.2, 0) is 14.3 Å². The average Bonchev–Trinajstić information content (AvgIpc) is 4.19. The number of imidazole rings is 2. The van der Waals surface area contributed by atoms with E-state index in [0.717, 1.165) is 48.4 Å². The number of benzene rings is 3. The molecule has 16 nitrogen and oxygen atoms in total. The predicted molar refractivity (Wildman–Crippen MR) is 253 cm³/mol. The van der Waals surface area contributed by atoms with Gasteiger partial charge in [0, 0.05) is 32.2 Å². The van der Waals surface area contributed by atoms with Gasteiger partial charge in [0.25, 0.3) is 0 Å². The van der Waals surface area contributed by atoms with E-state index in [4.69, 9.17) is 14.7 Å². The van der Waals surface area contributed by atoms with E-state index < -0.39 is 59.8 Å². The van der Waals surface area contributed by atoms with Crippen molar-refractivity contribution in [1.29, 1.82) is 0 Å². The fraction of sp³-hybridized carbons (Fsp3) is 0.520. The molecule has 0 bridgehead atoms. The summed E-state index contributed by atoms with van der Waals surface area (Å²) >= 11 is 0. The molecule has 9 rings (SSSR count). The number of alkyl carbamates (subject to hydrolysis) is 1. The molecule has 0 saturated carbocycles. The fourth-order valence-corrected chi connectivity index (χ4v) is 11.1. The number of rotatable bonds is 12. The summed E-state index contributed by atoms with van der Waals surface area (Å²) in [5.41, 5.74) is 3.60. The Hall–Kier alpha value is -6.53. The van der Waals surface area contributed by atoms with Crippen molar-refractivity contribution in [3.05, 3.63) is 82.7 Å². The maximum Gasteiger partial charge on any atom is 0.407 e. The normalized spacial score (nSPS) is 21.8. The van der Waals surface area contributed by atoms with Crippen LogP contribution < -0.4 is 20.4 Å². The van der Waals surface area contributed by atoms with Crippen LogP contribution >= 0.6 is 0 Å². The molecule has 5 aromatic rings. The molecule has 3 aromatic carbocycles. The maximum atomic E-state index is 16.9. The summed E-state index contributed by atoms with van der Waals surface area (Å²) in [5.74, 6) is -3.06. The minimum Gasteiger partial charge on any atom is -0.465 e. The number of fused-ring (bicyclic) bond motifs is 2. The number of carboxylic acid groups (broad SMARTS) is 1. The van der Waals surface area contributed by atoms with Crippen LogP contribution in [-0.4, -0.2) is 104 Å². The number of carbonyl (C=O) groups is 4. The fourth-order valence-electron chi connectivity index (χ4n) is 11.1. The standard InChI is InChI=1S/C50H61F3N10O6/c1-26(2)42(58-49(66)67)47(64)61-21-9-11-37(61)45-54-31-15-13-28(23-33(31)56-45)35-17-18-36(63(35)39-25-30(51)44(41(53)40(39)52)60-19-7-6-8-20-60)29-14-16-32-34(24-29)57-46(55-32)38-12-10-22-62(38)48(65)43(27(3)4)59-50(68)69-5/h13-16,23-27,35-38,42-43,58H,6-12,17-22H2,1-5H3,(H,54,56)(H,55,57)(H,59,68)(H,66,67)/t35-,36-,37+,38+,42?,43?/m1/s1. The number of aromatic nitrogens is 4. The van der Waals surface area contributed by atoms with Gasteiger partial charge in [-0.15, -0.1) is 0 Å². The third kappa shape index (κ3) is 9.11. The highest BCUT2D eigenvalue weighted by Gasteiger charge is 2.42. The number of aromatic amines is 2. The molecule has 0 aliphatic carbocycles. The van der Waals surface area contributed by atoms with Gasteiger partial charge in [-0.05, 0) is 105 Å². The third-order valence-electron chi connectivity index (χ3n) is 14.6. The Kier molecular flexibility index (Phi) is 13.4. The minimum absolute atomic E-state index is 0.195. The number of nitrogens with zero attached hydrogens (tertiary/aromatic N) is 6. The highest BCUT2D eigenvalue weighted by molar-refractivity contribution is 5.87. The Morgan fingerprint density at radius 3 is 1.65 bits per heavy atom. The van der Waals surface area contributed by atoms with Gasteiger partial charge in [0.05, 0.1) is 59.0 Å². The SMILES string of the molecule is COC(=O)NC(C(=O)N1CCC[C@H]1c1nc2cc([C@H]3CC[C@H](c4ccc5[nH]c([C@@H]6CCCN6C(=O)C(NC(=O)O)C(C)C)nc5c4)N3c3cc(F)c(N4CCCCC4)c(F)c3F)ccc2[nH]1)C(C)C. The number of likely N-dealkylation sites (tertiary alicyclic amines) is 2. The second-order valence-corrected chi connectivity index (χ2v) is 19.6. The van der Waals surface area contributed by atoms with E-state index in [1.807, 2.05) is 50.2 Å². The molecule has 4 aliphatic rings. The molecule has 2 unspecified atom stereocenters. The third-order valence-corrected chi connectivity index (χ3v) is 14.6. The first-order valence-corrected chi connectivity index (χ1v) is 24.3. The van der Waals surface area contributed by atoms with Crippen LogP contribution in [0.5, 0.6) is 0 Å². The van der Waals surface area contributed by atoms with E-state index in [2.05, 4.69) is 20.6 Å². The van der Waals surface area contributed by atoms with Crippen molar-refractivity contribution in [2.45, 2.75) is 122 Å². The number of hydrogen-bond acceptors (Lipinski definition) is 9. The highest BCUT2D eigenvalue weighted by Crippen LogP contribution is 2.50. The van der Waals surface area contributed by atoms with Gasteiger partial charge in [0.15, 0.2) is 17.5 Å². The number of ether oxygens (including phenoxy) is 1. The highest BCUT2D eigenvalue weighted by atomic mass is 19.2. The molecule has 19 heteroatoms. The summed E-state index contributed by atoms with van der Waals surface area (Å²) < 4.78 is 54.5. The zero-order valence-electron chi connectivity index (χ0n) is 39.7. The molecule has 0 spiro atoms. The van der Waals surface area contributed by atoms with Gasteiger partial charge in [-0.25, -0.2) is 32.7 Å². The summed E-state index contributed by atoms with van der Waals surface area (Å²) in [6.07, 6.45) is 4.22. The first-order chi connectivity index (χ1) is 33.1. The molecule has 5 N–H and O–H groups in total. The summed E-state index contributed by atoms with van der Waals surface area (Å²) in [4.78, 5) is 74.9. The van der Waals surface area contributed by atoms with Crippen molar-refractivity contribution in [3.63, 3.8) is 0 Å². The molecule has 368 valence electrons. The van der Waals surface area contributed by atoms with E-state index in [-0.39, 0.29) is 41.1 Å². The Morgan fingerprint density at radius 2 is 1.17 bits per heavy atom. The Bertz CT molecular complexity index is 2760. The molecule has 4 aliphatic heterocycles. The lowest BCUT2D eigenvalue weighted by Crippen LogP contribution is -2.51. The van der Waals surface area contributed by atoms with Crippen LogP contribution in [0, 0.1) is 29.3 Å². The lowest BCUT2D eigenvalue weighted by atomic mass is 10.0. The molecule has 69 heavy (non-hydrogen) atoms. The van der Waals surface area contributed by atoms with Crippen molar-refractivity contribution >= 4 is 57.4 Å². The minimum atomic E-state index is -1.27. The second kappa shape index (κ2) is 19.5. The number of halogens is 3. The van der Waals surface area contributed by atoms with Crippen molar-refractivity contribution in [2.75, 3.05) is 43.1 Å². The number of hydrogen-bond donors (Lipinski definition) is 5. The molecule has 4 fully saturated rings. The van der Waals surface area contributed by atoms with Gasteiger partial charge in [-0.2, -0.15) is 0 Å². The molecule has 6 atom stereocenters. The van der Waals surface area contributed by atoms with E-state index in [0.29, 0.717) is 86.5 Å². The number of H-pyrrole nitrogens is 2. The van der Waals surface area contributed by atoms with Gasteiger partial charge in [0.2, 0.25) is 11.8 Å². The molecular formula is C50H61F3N10O6. The molecule has 2 aromatic heterocycles. The van der Waals surface area contributed by atoms with Crippen LogP contribution in [0.3, 0.4) is 0 Å². The molecular weight excluding hydrogens is 894 g/mol. The second-order valence-electron chi connectivity index (χ2n) is 19.6. The van der Waals surface area contributed by atoms with Crippen molar-refractivity contribution < 1.29 is 42.2 Å². The Labute approximate surface area is 398 Å². The van der Waals surface area contributed by atoms with Crippen molar-refractivity contribution in [2.24, 2.45) is 11.8 Å². The van der Waals surface area contributed by atoms with E-state index in [1.165, 1.54) is 7.11 Å². The lowest BCUT2D eigenvalue weighted by molar-refractivity contribution is -0.136. The van der Waals surface area contributed by atoms with Crippen LogP contribution in [0.1, 0.15) is 132 Å². The maximum absolute atomic E-state index is 16.9. The summed E-state index contributed by atoms with van der Waals surface area (Å²) in [7, 11) is 1.25. The summed E-state index contributed by atoms with van der Waals surface area (Å²) in [6.45, 7) is 9.09. The Morgan fingerprint density at radius 1 is 0.667 bits per heavy atom. The van der Waals surface area contributed by atoms with Crippen LogP contribution in [0.4, 0.5) is 34.1 Å². The number of methoxy groups -OCH3 is 1. The van der Waals surface area contributed by atoms with E-state index in [9.17, 15) is 24.3 Å². The van der Waals surface area contributed by atoms with Gasteiger partial charge < -0.3 is 50.0 Å². The molecule has 4 saturated heterocycles. The van der Waals surface area contributed by atoms with E-state index in [1.54, 1.807) is 33.4 Å². The summed E-state index contributed by atoms with van der Waals surface area (Å²) in [6, 6.07) is 8.93. The van der Waals surface area contributed by atoms with Gasteiger partial charge in [-0.3, -0.25) is 9.59 Å². The quantitative estimate of drug-likeness (QED) is 0.0755. The van der Waals surface area contributed by atoms with Gasteiger partial charge in [-0.1, -0.05) is 39.8 Å². The smallest absolute Gasteiger partial charge is 0.407 e. The Balaban J connectivity index is 1.06. The number of carbonyl (C=O) groups excluding carboxylic acids is 3. The average molecular weight is 955 g/mol. The number of piperidine rings is 1. The zero-order chi connectivity index (χ0) is 48.8. The topological polar surface area (TPSA) is 192 Å². The van der Waals surface area contributed by atoms with E-state index >= 15 is 13.2 Å². The first-order valence-electron chi connectivity index (χ1n) is 24.3. The zero-order valence-corrected chi connectivity index (χ0v) is 39.7.